The Balaban J connectivity index is 1.71. The van der Waals surface area contributed by atoms with Crippen molar-refractivity contribution in [3.63, 3.8) is 0 Å². The molecule has 0 radical (unpaired) electrons. The van der Waals surface area contributed by atoms with Crippen LogP contribution in [0.4, 0.5) is 13.2 Å². The molecule has 15 heteroatoms. The van der Waals surface area contributed by atoms with Crippen LogP contribution in [0.25, 0.3) is 0 Å². The molecule has 1 aromatic rings. The molecule has 0 saturated carbocycles. The van der Waals surface area contributed by atoms with Crippen LogP contribution >= 0.6 is 27.7 Å². The molecule has 2 aliphatic heterocycles. The number of hydrogen-bond acceptors (Lipinski definition) is 7. The van der Waals surface area contributed by atoms with Gasteiger partial charge < -0.3 is 15.2 Å². The van der Waals surface area contributed by atoms with Gasteiger partial charge in [0.25, 0.3) is 5.91 Å². The molecule has 1 fully saturated rings. The van der Waals surface area contributed by atoms with Gasteiger partial charge in [-0.15, -0.1) is 11.8 Å². The summed E-state index contributed by atoms with van der Waals surface area (Å²) < 4.78 is 44.4. The van der Waals surface area contributed by atoms with Crippen molar-refractivity contribution in [3.8, 4) is 0 Å². The Bertz CT molecular complexity index is 1040. The van der Waals surface area contributed by atoms with Crippen molar-refractivity contribution in [3.05, 3.63) is 27.1 Å². The second kappa shape index (κ2) is 8.77. The zero-order valence-corrected chi connectivity index (χ0v) is 18.9. The lowest BCUT2D eigenvalue weighted by molar-refractivity contribution is -0.151. The number of aliphatic carboxylic acids is 1. The number of nitrogens with zero attached hydrogens (tertiary/aromatic N) is 3. The van der Waals surface area contributed by atoms with Crippen molar-refractivity contribution in [2.75, 3.05) is 12.4 Å². The van der Waals surface area contributed by atoms with E-state index in [1.165, 1.54) is 18.7 Å². The summed E-state index contributed by atoms with van der Waals surface area (Å²) in [4.78, 5) is 48.6. The zero-order chi connectivity index (χ0) is 24.0. The molecule has 0 aliphatic carbocycles. The van der Waals surface area contributed by atoms with Crippen LogP contribution in [-0.2, 0) is 36.6 Å². The minimum Gasteiger partial charge on any atom is -0.477 e. The zero-order valence-electron chi connectivity index (χ0n) is 16.5. The van der Waals surface area contributed by atoms with Gasteiger partial charge in [-0.2, -0.15) is 18.3 Å². The Hall–Kier alpha value is -2.55. The summed E-state index contributed by atoms with van der Waals surface area (Å²) in [6, 6.07) is -1.06. The van der Waals surface area contributed by atoms with E-state index in [2.05, 4.69) is 26.3 Å². The number of aromatic nitrogens is 2. The summed E-state index contributed by atoms with van der Waals surface area (Å²) in [7, 11) is 0. The molecule has 2 aliphatic rings. The Morgan fingerprint density at radius 3 is 2.56 bits per heavy atom. The van der Waals surface area contributed by atoms with Gasteiger partial charge >= 0.3 is 18.1 Å². The van der Waals surface area contributed by atoms with Crippen molar-refractivity contribution in [2.45, 2.75) is 38.0 Å². The number of rotatable bonds is 6. The molecule has 2 N–H and O–H groups in total. The van der Waals surface area contributed by atoms with E-state index in [0.29, 0.717) is 0 Å². The highest BCUT2D eigenvalue weighted by Gasteiger charge is 2.54. The lowest BCUT2D eigenvalue weighted by Crippen LogP contribution is -2.70. The molecule has 1 saturated heterocycles. The minimum absolute atomic E-state index is 0.0762. The number of β-lactam (4-membered cyclic amide) rings is 1. The predicted octanol–water partition coefficient (Wildman–Crippen LogP) is 1.27. The number of carbonyl (C=O) groups excluding carboxylic acids is 3. The molecule has 3 heterocycles. The highest BCUT2D eigenvalue weighted by Crippen LogP contribution is 2.40. The van der Waals surface area contributed by atoms with Gasteiger partial charge in [-0.1, -0.05) is 0 Å². The molecule has 2 atom stereocenters. The first-order chi connectivity index (χ1) is 14.8. The largest absolute Gasteiger partial charge is 0.477 e. The van der Waals surface area contributed by atoms with E-state index in [4.69, 9.17) is 4.74 Å². The molecule has 0 aromatic carbocycles. The number of carbonyl (C=O) groups is 4. The highest BCUT2D eigenvalue weighted by atomic mass is 79.9. The maximum absolute atomic E-state index is 13.0. The normalized spacial score (nSPS) is 20.6. The summed E-state index contributed by atoms with van der Waals surface area (Å²) in [6.07, 6.45) is -4.71. The van der Waals surface area contributed by atoms with Crippen LogP contribution in [0, 0.1) is 6.92 Å². The van der Waals surface area contributed by atoms with Gasteiger partial charge in [0.05, 0.1) is 10.2 Å². The van der Waals surface area contributed by atoms with Crippen LogP contribution < -0.4 is 5.32 Å². The van der Waals surface area contributed by atoms with Crippen molar-refractivity contribution < 1.29 is 42.2 Å². The fraction of sp³-hybridized carbons (Fsp3) is 0.471. The second-order valence-electron chi connectivity index (χ2n) is 6.90. The fourth-order valence-electron chi connectivity index (χ4n) is 3.20. The van der Waals surface area contributed by atoms with Gasteiger partial charge in [-0.3, -0.25) is 24.0 Å². The molecule has 0 spiro atoms. The number of esters is 1. The van der Waals surface area contributed by atoms with Gasteiger partial charge in [-0.25, -0.2) is 4.79 Å². The molecule has 32 heavy (non-hydrogen) atoms. The molecule has 0 bridgehead atoms. The first-order valence-electron chi connectivity index (χ1n) is 8.95. The standard InChI is InChI=1S/C17H16BrF3N4O6S/c1-6-10(18)13(17(19,20)21)23-24(6)3-9(27)22-11-14(28)25-12(16(29)30)8(4-31-7(2)26)5-32-15(11)25/h11,15H,3-5H2,1-2H3,(H,22,27)(H,29,30)/t11-,15-/m1/s1. The van der Waals surface area contributed by atoms with E-state index in [1.807, 2.05) is 0 Å². The summed E-state index contributed by atoms with van der Waals surface area (Å²) in [5.41, 5.74) is -1.17. The Kier molecular flexibility index (Phi) is 6.60. The van der Waals surface area contributed by atoms with E-state index in [1.54, 1.807) is 0 Å². The number of carboxylic acid groups (broad SMARTS) is 1. The summed E-state index contributed by atoms with van der Waals surface area (Å²) >= 11 is 3.98. The van der Waals surface area contributed by atoms with Gasteiger partial charge in [0, 0.05) is 18.2 Å². The van der Waals surface area contributed by atoms with Gasteiger partial charge in [0.2, 0.25) is 5.91 Å². The van der Waals surface area contributed by atoms with Crippen molar-refractivity contribution >= 4 is 51.4 Å². The molecular formula is C17H16BrF3N4O6S. The molecule has 2 amide bonds. The lowest BCUT2D eigenvalue weighted by atomic mass is 10.0. The monoisotopic (exact) mass is 540 g/mol. The molecule has 1 aromatic heterocycles. The number of fused-ring (bicyclic) bond motifs is 1. The lowest BCUT2D eigenvalue weighted by Gasteiger charge is -2.49. The number of alkyl halides is 3. The smallest absolute Gasteiger partial charge is 0.436 e. The van der Waals surface area contributed by atoms with E-state index in [0.717, 1.165) is 16.5 Å². The molecular weight excluding hydrogens is 525 g/mol. The topological polar surface area (TPSA) is 131 Å². The molecule has 10 nitrogen and oxygen atoms in total. The predicted molar refractivity (Wildman–Crippen MR) is 106 cm³/mol. The fourth-order valence-corrected chi connectivity index (χ4v) is 5.03. The van der Waals surface area contributed by atoms with E-state index >= 15 is 0 Å². The van der Waals surface area contributed by atoms with Gasteiger partial charge in [0.1, 0.15) is 30.3 Å². The van der Waals surface area contributed by atoms with Crippen molar-refractivity contribution in [1.29, 1.82) is 0 Å². The van der Waals surface area contributed by atoms with Crippen LogP contribution in [-0.4, -0.2) is 67.3 Å². The average molecular weight is 541 g/mol. The summed E-state index contributed by atoms with van der Waals surface area (Å²) in [5, 5.41) is 14.6. The van der Waals surface area contributed by atoms with E-state index in [-0.39, 0.29) is 33.8 Å². The van der Waals surface area contributed by atoms with Crippen LogP contribution in [0.3, 0.4) is 0 Å². The SMILES string of the molecule is CC(=O)OCC1=C(C(=O)O)N2C(=O)[C@@H](NC(=O)Cn3nc(C(F)(F)F)c(Br)c3C)[C@H]2SC1. The van der Waals surface area contributed by atoms with Gasteiger partial charge in [0.15, 0.2) is 5.69 Å². The maximum Gasteiger partial charge on any atom is 0.436 e. The Morgan fingerprint density at radius 1 is 1.38 bits per heavy atom. The third-order valence-corrected chi connectivity index (χ3v) is 7.00. The minimum atomic E-state index is -4.71. The molecule has 3 rings (SSSR count). The summed E-state index contributed by atoms with van der Waals surface area (Å²) in [5.74, 6) is -3.30. The van der Waals surface area contributed by atoms with E-state index in [9.17, 15) is 37.5 Å². The third kappa shape index (κ3) is 4.48. The van der Waals surface area contributed by atoms with Crippen molar-refractivity contribution in [2.24, 2.45) is 0 Å². The quantitative estimate of drug-likeness (QED) is 0.407. The van der Waals surface area contributed by atoms with Crippen LogP contribution in [0.15, 0.2) is 15.7 Å². The number of nitrogens with one attached hydrogen (secondary N) is 1. The van der Waals surface area contributed by atoms with E-state index < -0.39 is 53.6 Å². The highest BCUT2D eigenvalue weighted by molar-refractivity contribution is 9.10. The van der Waals surface area contributed by atoms with Crippen LogP contribution in [0.1, 0.15) is 18.3 Å². The number of carboxylic acids is 1. The van der Waals surface area contributed by atoms with Crippen LogP contribution in [0.5, 0.6) is 0 Å². The Labute approximate surface area is 191 Å². The second-order valence-corrected chi connectivity index (χ2v) is 8.79. The molecule has 174 valence electrons. The average Bonchev–Trinajstić information content (AvgIpc) is 2.98. The third-order valence-electron chi connectivity index (χ3n) is 4.71. The number of amides is 2. The number of ether oxygens (including phenoxy) is 1. The van der Waals surface area contributed by atoms with Crippen molar-refractivity contribution in [1.82, 2.24) is 20.0 Å². The summed E-state index contributed by atoms with van der Waals surface area (Å²) in [6.45, 7) is 1.66. The first kappa shape index (κ1) is 24.1. The number of halogens is 4. The van der Waals surface area contributed by atoms with Crippen LogP contribution in [0.2, 0.25) is 0 Å². The maximum atomic E-state index is 13.0. The number of hydrogen-bond donors (Lipinski definition) is 2. The number of thioether (sulfide) groups is 1. The first-order valence-corrected chi connectivity index (χ1v) is 10.8. The molecule has 0 unspecified atom stereocenters. The Morgan fingerprint density at radius 2 is 2.03 bits per heavy atom. The van der Waals surface area contributed by atoms with Gasteiger partial charge in [-0.05, 0) is 22.9 Å².